The van der Waals surface area contributed by atoms with Gasteiger partial charge in [-0.25, -0.2) is 4.79 Å². The van der Waals surface area contributed by atoms with Gasteiger partial charge in [0.25, 0.3) is 0 Å². The average molecular weight is 299 g/mol. The number of carboxylic acids is 1. The molecule has 1 aromatic heterocycles. The second-order valence-corrected chi connectivity index (χ2v) is 4.38. The second-order valence-electron chi connectivity index (χ2n) is 4.38. The van der Waals surface area contributed by atoms with Crippen molar-refractivity contribution < 1.29 is 19.4 Å². The molecule has 6 nitrogen and oxygen atoms in total. The summed E-state index contributed by atoms with van der Waals surface area (Å²) in [6.45, 7) is 1.83. The predicted molar refractivity (Wildman–Crippen MR) is 79.7 cm³/mol. The molecule has 0 saturated heterocycles. The molecule has 1 heterocycles. The van der Waals surface area contributed by atoms with Crippen LogP contribution >= 0.6 is 0 Å². The Balaban J connectivity index is 2.47. The molecule has 2 aromatic rings. The lowest BCUT2D eigenvalue weighted by molar-refractivity contribution is -0.135. The van der Waals surface area contributed by atoms with Gasteiger partial charge in [-0.2, -0.15) is 0 Å². The minimum atomic E-state index is -1.02. The average Bonchev–Trinajstić information content (AvgIpc) is 2.48. The summed E-state index contributed by atoms with van der Waals surface area (Å²) < 4.78 is 4.83. The fourth-order valence-corrected chi connectivity index (χ4v) is 1.88. The Morgan fingerprint density at radius 1 is 1.36 bits per heavy atom. The van der Waals surface area contributed by atoms with E-state index in [0.29, 0.717) is 16.5 Å². The van der Waals surface area contributed by atoms with E-state index >= 15 is 0 Å². The van der Waals surface area contributed by atoms with Crippen LogP contribution in [0.4, 0.5) is 0 Å². The number of fused-ring (bicyclic) bond motifs is 1. The van der Waals surface area contributed by atoms with Crippen LogP contribution in [0, 0.1) is 11.8 Å². The number of rotatable bonds is 3. The first-order valence-corrected chi connectivity index (χ1v) is 6.56. The van der Waals surface area contributed by atoms with Gasteiger partial charge in [0.2, 0.25) is 5.43 Å². The largest absolute Gasteiger partial charge is 0.481 e. The molecule has 0 amide bonds. The first-order chi connectivity index (χ1) is 10.5. The van der Waals surface area contributed by atoms with E-state index < -0.39 is 17.4 Å². The van der Waals surface area contributed by atoms with Gasteiger partial charge in [0.1, 0.15) is 12.0 Å². The number of carbonyl (C=O) groups is 2. The number of carboxylic acid groups (broad SMARTS) is 1. The third-order valence-electron chi connectivity index (χ3n) is 2.85. The molecule has 0 fully saturated rings. The molecule has 0 unspecified atom stereocenters. The minimum Gasteiger partial charge on any atom is -0.481 e. The number of benzene rings is 1. The molecular weight excluding hydrogens is 286 g/mol. The van der Waals surface area contributed by atoms with Crippen LogP contribution in [0.15, 0.2) is 29.2 Å². The predicted octanol–water partition coefficient (Wildman–Crippen LogP) is 1.53. The molecule has 0 saturated carbocycles. The van der Waals surface area contributed by atoms with Gasteiger partial charge in [0, 0.05) is 22.7 Å². The second kappa shape index (κ2) is 6.59. The monoisotopic (exact) mass is 299 g/mol. The Hall–Kier alpha value is -3.07. The summed E-state index contributed by atoms with van der Waals surface area (Å²) in [6, 6.07) is 4.83. The zero-order valence-corrected chi connectivity index (χ0v) is 11.8. The zero-order chi connectivity index (χ0) is 16.1. The number of esters is 1. The highest BCUT2D eigenvalue weighted by Gasteiger charge is 2.13. The lowest BCUT2D eigenvalue weighted by atomic mass is 10.1. The molecule has 0 aliphatic rings. The Kier molecular flexibility index (Phi) is 4.59. The molecule has 1 aromatic carbocycles. The maximum Gasteiger partial charge on any atom is 0.343 e. The molecule has 0 spiro atoms. The highest BCUT2D eigenvalue weighted by atomic mass is 16.5. The number of H-pyrrole nitrogens is 1. The van der Waals surface area contributed by atoms with Crippen molar-refractivity contribution in [1.82, 2.24) is 4.98 Å². The summed E-state index contributed by atoms with van der Waals surface area (Å²) in [6.07, 6.45) is 1.04. The summed E-state index contributed by atoms with van der Waals surface area (Å²) in [7, 11) is 0. The van der Waals surface area contributed by atoms with Gasteiger partial charge in [0.15, 0.2) is 0 Å². The number of carbonyl (C=O) groups excluding carboxylic acids is 1. The molecule has 6 heteroatoms. The SMILES string of the molecule is CCOC(=O)c1c[nH]c2ccc(C#CCC(=O)O)cc2c1=O. The first-order valence-electron chi connectivity index (χ1n) is 6.56. The van der Waals surface area contributed by atoms with E-state index in [4.69, 9.17) is 9.84 Å². The molecule has 22 heavy (non-hydrogen) atoms. The van der Waals surface area contributed by atoms with Crippen LogP contribution in [-0.2, 0) is 9.53 Å². The van der Waals surface area contributed by atoms with E-state index in [0.717, 1.165) is 0 Å². The molecule has 0 bridgehead atoms. The molecule has 2 rings (SSSR count). The zero-order valence-electron chi connectivity index (χ0n) is 11.8. The highest BCUT2D eigenvalue weighted by Crippen LogP contribution is 2.11. The van der Waals surface area contributed by atoms with Crippen LogP contribution < -0.4 is 5.43 Å². The number of ether oxygens (including phenoxy) is 1. The summed E-state index contributed by atoms with van der Waals surface area (Å²) in [4.78, 5) is 37.3. The molecule has 2 N–H and O–H groups in total. The van der Waals surface area contributed by atoms with Crippen molar-refractivity contribution in [2.75, 3.05) is 6.61 Å². The van der Waals surface area contributed by atoms with Crippen LogP contribution in [-0.4, -0.2) is 28.6 Å². The number of aromatic nitrogens is 1. The van der Waals surface area contributed by atoms with Gasteiger partial charge in [-0.3, -0.25) is 9.59 Å². The molecule has 0 radical (unpaired) electrons. The number of aliphatic carboxylic acids is 1. The van der Waals surface area contributed by atoms with Crippen LogP contribution in [0.25, 0.3) is 10.9 Å². The fourth-order valence-electron chi connectivity index (χ4n) is 1.88. The number of aromatic amines is 1. The molecule has 112 valence electrons. The van der Waals surface area contributed by atoms with Gasteiger partial charge in [0.05, 0.1) is 6.61 Å². The smallest absolute Gasteiger partial charge is 0.343 e. The maximum absolute atomic E-state index is 12.3. The number of pyridine rings is 1. The number of hydrogen-bond acceptors (Lipinski definition) is 4. The van der Waals surface area contributed by atoms with Crippen molar-refractivity contribution in [3.63, 3.8) is 0 Å². The van der Waals surface area contributed by atoms with Crippen molar-refractivity contribution in [1.29, 1.82) is 0 Å². The Bertz CT molecular complexity index is 854. The number of nitrogens with one attached hydrogen (secondary N) is 1. The normalized spacial score (nSPS) is 9.86. The summed E-state index contributed by atoms with van der Waals surface area (Å²) >= 11 is 0. The Morgan fingerprint density at radius 3 is 2.82 bits per heavy atom. The molecule has 0 aliphatic heterocycles. The lowest BCUT2D eigenvalue weighted by Crippen LogP contribution is -2.18. The first kappa shape index (κ1) is 15.3. The quantitative estimate of drug-likeness (QED) is 0.662. The van der Waals surface area contributed by atoms with Gasteiger partial charge in [-0.05, 0) is 25.1 Å². The Labute approximate surface area is 125 Å². The van der Waals surface area contributed by atoms with Gasteiger partial charge in [-0.15, -0.1) is 0 Å². The van der Waals surface area contributed by atoms with Crippen LogP contribution in [0.2, 0.25) is 0 Å². The van der Waals surface area contributed by atoms with Gasteiger partial charge >= 0.3 is 11.9 Å². The summed E-state index contributed by atoms with van der Waals surface area (Å²) in [5.41, 5.74) is 0.529. The summed E-state index contributed by atoms with van der Waals surface area (Å²) in [5, 5.41) is 8.85. The third-order valence-corrected chi connectivity index (χ3v) is 2.85. The van der Waals surface area contributed by atoms with Crippen molar-refractivity contribution in [2.45, 2.75) is 13.3 Å². The van der Waals surface area contributed by atoms with Crippen molar-refractivity contribution in [3.05, 3.63) is 45.7 Å². The fraction of sp³-hybridized carbons (Fsp3) is 0.188. The van der Waals surface area contributed by atoms with E-state index in [1.807, 2.05) is 0 Å². The minimum absolute atomic E-state index is 0.0787. The van der Waals surface area contributed by atoms with E-state index in [1.54, 1.807) is 19.1 Å². The van der Waals surface area contributed by atoms with Crippen molar-refractivity contribution >= 4 is 22.8 Å². The van der Waals surface area contributed by atoms with Gasteiger partial charge in [-0.1, -0.05) is 11.8 Å². The summed E-state index contributed by atoms with van der Waals surface area (Å²) in [5.74, 6) is 3.45. The Morgan fingerprint density at radius 2 is 2.14 bits per heavy atom. The topological polar surface area (TPSA) is 96.5 Å². The standard InChI is InChI=1S/C16H13NO5/c1-2-22-16(21)12-9-17-13-7-6-10(4-3-5-14(18)19)8-11(13)15(12)20/h6-9H,2,5H2,1H3,(H,17,20)(H,18,19). The molecule has 0 atom stereocenters. The van der Waals surface area contributed by atoms with E-state index in [-0.39, 0.29) is 18.6 Å². The van der Waals surface area contributed by atoms with E-state index in [2.05, 4.69) is 16.8 Å². The van der Waals surface area contributed by atoms with Crippen LogP contribution in [0.5, 0.6) is 0 Å². The highest BCUT2D eigenvalue weighted by molar-refractivity contribution is 5.93. The number of hydrogen-bond donors (Lipinski definition) is 2. The van der Waals surface area contributed by atoms with Crippen molar-refractivity contribution in [3.8, 4) is 11.8 Å². The third kappa shape index (κ3) is 3.33. The maximum atomic E-state index is 12.3. The van der Waals surface area contributed by atoms with Crippen molar-refractivity contribution in [2.24, 2.45) is 0 Å². The lowest BCUT2D eigenvalue weighted by Gasteiger charge is -2.03. The molecular formula is C16H13NO5. The van der Waals surface area contributed by atoms with E-state index in [1.165, 1.54) is 12.3 Å². The molecule has 0 aliphatic carbocycles. The van der Waals surface area contributed by atoms with Crippen LogP contribution in [0.1, 0.15) is 29.3 Å². The van der Waals surface area contributed by atoms with E-state index in [9.17, 15) is 14.4 Å². The van der Waals surface area contributed by atoms with Crippen LogP contribution in [0.3, 0.4) is 0 Å². The van der Waals surface area contributed by atoms with Gasteiger partial charge < -0.3 is 14.8 Å².